The molecule has 0 saturated carbocycles. The number of imide groups is 1. The van der Waals surface area contributed by atoms with Crippen molar-refractivity contribution in [3.8, 4) is 0 Å². The number of carbonyl (C=O) groups excluding carboxylic acids is 3. The van der Waals surface area contributed by atoms with Gasteiger partial charge in [-0.25, -0.2) is 9.69 Å². The highest BCUT2D eigenvalue weighted by molar-refractivity contribution is 6.42. The second-order valence-corrected chi connectivity index (χ2v) is 8.72. The smallest absolute Gasteiger partial charge is 0.347 e. The second kappa shape index (κ2) is 10.7. The number of esters is 1. The average molecular weight is 541 g/mol. The minimum atomic E-state index is -2.35. The maximum atomic E-state index is 13.8. The zero-order valence-corrected chi connectivity index (χ0v) is 20.6. The number of halogens is 4. The van der Waals surface area contributed by atoms with Crippen LogP contribution >= 0.6 is 46.4 Å². The van der Waals surface area contributed by atoms with E-state index in [1.54, 1.807) is 12.1 Å². The molecule has 0 radical (unpaired) electrons. The zero-order chi connectivity index (χ0) is 25.0. The van der Waals surface area contributed by atoms with Crippen molar-refractivity contribution in [3.63, 3.8) is 0 Å². The summed E-state index contributed by atoms with van der Waals surface area (Å²) in [7, 11) is 1.07. The van der Waals surface area contributed by atoms with E-state index in [1.807, 2.05) is 0 Å². The van der Waals surface area contributed by atoms with Gasteiger partial charge in [-0.3, -0.25) is 20.3 Å². The van der Waals surface area contributed by atoms with Crippen LogP contribution in [0, 0.1) is 0 Å². The molecule has 1 atom stereocenters. The van der Waals surface area contributed by atoms with Gasteiger partial charge in [0.1, 0.15) is 0 Å². The highest BCUT2D eigenvalue weighted by atomic mass is 35.5. The van der Waals surface area contributed by atoms with Gasteiger partial charge in [0.05, 0.1) is 38.3 Å². The molecule has 2 N–H and O–H groups in total. The van der Waals surface area contributed by atoms with Gasteiger partial charge < -0.3 is 4.74 Å². The Hall–Kier alpha value is -2.68. The lowest BCUT2D eigenvalue weighted by Crippen LogP contribution is -2.67. The summed E-state index contributed by atoms with van der Waals surface area (Å²) >= 11 is 25.0. The molecule has 0 fully saturated rings. The number of hydrogen-bond acceptors (Lipinski definition) is 6. The first-order valence-corrected chi connectivity index (χ1v) is 11.2. The van der Waals surface area contributed by atoms with E-state index in [-0.39, 0.29) is 37.6 Å². The zero-order valence-electron chi connectivity index (χ0n) is 17.6. The van der Waals surface area contributed by atoms with Gasteiger partial charge in [0.2, 0.25) is 5.66 Å². The number of benzene rings is 2. The van der Waals surface area contributed by atoms with Crippen molar-refractivity contribution >= 4 is 64.2 Å². The summed E-state index contributed by atoms with van der Waals surface area (Å²) in [5.41, 5.74) is 4.12. The fourth-order valence-electron chi connectivity index (χ4n) is 3.32. The number of pyridine rings is 1. The first kappa shape index (κ1) is 25.9. The van der Waals surface area contributed by atoms with Crippen LogP contribution in [0.3, 0.4) is 0 Å². The normalized spacial score (nSPS) is 12.5. The summed E-state index contributed by atoms with van der Waals surface area (Å²) in [4.78, 5) is 45.2. The van der Waals surface area contributed by atoms with Crippen LogP contribution in [-0.2, 0) is 16.0 Å². The molecular weight excluding hydrogens is 524 g/mol. The van der Waals surface area contributed by atoms with E-state index in [9.17, 15) is 14.4 Å². The lowest BCUT2D eigenvalue weighted by Gasteiger charge is -2.37. The van der Waals surface area contributed by atoms with Crippen LogP contribution in [0.1, 0.15) is 26.3 Å². The number of amides is 2. The van der Waals surface area contributed by atoms with Gasteiger partial charge in [0.15, 0.2) is 0 Å². The molecule has 34 heavy (non-hydrogen) atoms. The number of nitrogens with zero attached hydrogens (tertiary/aromatic N) is 2. The number of aromatic nitrogens is 1. The Morgan fingerprint density at radius 3 is 1.74 bits per heavy atom. The molecule has 176 valence electrons. The molecule has 3 rings (SSSR count). The molecule has 11 heteroatoms. The summed E-state index contributed by atoms with van der Waals surface area (Å²) in [6, 6.07) is 11.9. The van der Waals surface area contributed by atoms with Crippen LogP contribution < -0.4 is 5.73 Å². The summed E-state index contributed by atoms with van der Waals surface area (Å²) in [6.07, 6.45) is 2.61. The molecule has 0 aliphatic rings. The summed E-state index contributed by atoms with van der Waals surface area (Å²) in [5.74, 6) is -3.17. The van der Waals surface area contributed by atoms with Crippen LogP contribution in [0.5, 0.6) is 0 Å². The van der Waals surface area contributed by atoms with Crippen molar-refractivity contribution in [2.24, 2.45) is 5.73 Å². The van der Waals surface area contributed by atoms with Gasteiger partial charge in [-0.2, -0.15) is 0 Å². The Bertz CT molecular complexity index is 1150. The number of hydrogen-bond donors (Lipinski definition) is 1. The number of rotatable bonds is 6. The number of nitrogens with two attached hydrogens (primary N) is 1. The van der Waals surface area contributed by atoms with E-state index in [1.165, 1.54) is 48.8 Å². The Morgan fingerprint density at radius 1 is 0.882 bits per heavy atom. The van der Waals surface area contributed by atoms with Crippen molar-refractivity contribution in [2.45, 2.75) is 12.1 Å². The molecule has 1 unspecified atom stereocenters. The predicted octanol–water partition coefficient (Wildman–Crippen LogP) is 5.05. The van der Waals surface area contributed by atoms with Crippen LogP contribution in [0.2, 0.25) is 20.1 Å². The maximum Gasteiger partial charge on any atom is 0.347 e. The molecule has 0 aliphatic heterocycles. The lowest BCUT2D eigenvalue weighted by molar-refractivity contribution is -0.152. The fraction of sp³-hybridized carbons (Fsp3) is 0.130. The largest absolute Gasteiger partial charge is 0.466 e. The third-order valence-electron chi connectivity index (χ3n) is 4.89. The molecule has 1 heterocycles. The third-order valence-corrected chi connectivity index (χ3v) is 6.15. The van der Waals surface area contributed by atoms with Gasteiger partial charge in [-0.05, 0) is 35.9 Å². The van der Waals surface area contributed by atoms with Crippen LogP contribution in [0.25, 0.3) is 0 Å². The van der Waals surface area contributed by atoms with Gasteiger partial charge in [0, 0.05) is 18.8 Å². The van der Waals surface area contributed by atoms with Crippen LogP contribution in [0.15, 0.2) is 60.9 Å². The van der Waals surface area contributed by atoms with Gasteiger partial charge in [-0.1, -0.05) is 64.6 Å². The Morgan fingerprint density at radius 2 is 1.35 bits per heavy atom. The van der Waals surface area contributed by atoms with Gasteiger partial charge >= 0.3 is 5.97 Å². The fourth-order valence-corrected chi connectivity index (χ4v) is 4.43. The van der Waals surface area contributed by atoms with Gasteiger partial charge in [0.25, 0.3) is 11.8 Å². The molecule has 7 nitrogen and oxygen atoms in total. The predicted molar refractivity (Wildman–Crippen MR) is 130 cm³/mol. The van der Waals surface area contributed by atoms with Crippen LogP contribution in [0.4, 0.5) is 0 Å². The molecule has 0 aliphatic carbocycles. The van der Waals surface area contributed by atoms with Crippen molar-refractivity contribution in [1.29, 1.82) is 0 Å². The second-order valence-electron chi connectivity index (χ2n) is 7.09. The number of methoxy groups -OCH3 is 1. The monoisotopic (exact) mass is 539 g/mol. The van der Waals surface area contributed by atoms with Crippen LogP contribution in [-0.4, -0.2) is 40.4 Å². The van der Waals surface area contributed by atoms with E-state index in [0.29, 0.717) is 10.5 Å². The quantitative estimate of drug-likeness (QED) is 0.266. The van der Waals surface area contributed by atoms with E-state index in [0.717, 1.165) is 7.11 Å². The number of carbonyl (C=O) groups is 3. The SMILES string of the molecule is COC(=O)C(N)(Cc1cccnc1)N(C(=O)c1c(Cl)cccc1Cl)C(=O)c1c(Cl)cccc1Cl. The molecule has 2 aromatic carbocycles. The Labute approximate surface area is 215 Å². The molecular formula is C23H17Cl4N3O4. The lowest BCUT2D eigenvalue weighted by atomic mass is 9.97. The minimum Gasteiger partial charge on any atom is -0.466 e. The topological polar surface area (TPSA) is 103 Å². The first-order valence-electron chi connectivity index (χ1n) is 9.65. The van der Waals surface area contributed by atoms with E-state index >= 15 is 0 Å². The average Bonchev–Trinajstić information content (AvgIpc) is 2.79. The number of ether oxygens (including phenoxy) is 1. The first-order chi connectivity index (χ1) is 16.1. The summed E-state index contributed by atoms with van der Waals surface area (Å²) in [6.45, 7) is 0. The van der Waals surface area contributed by atoms with Crippen molar-refractivity contribution in [3.05, 3.63) is 97.7 Å². The van der Waals surface area contributed by atoms with Crippen molar-refractivity contribution in [1.82, 2.24) is 9.88 Å². The Balaban J connectivity index is 2.29. The molecule has 0 spiro atoms. The molecule has 0 bridgehead atoms. The molecule has 1 aromatic heterocycles. The third kappa shape index (κ3) is 5.04. The van der Waals surface area contributed by atoms with Gasteiger partial charge in [-0.15, -0.1) is 0 Å². The maximum absolute atomic E-state index is 13.8. The summed E-state index contributed by atoms with van der Waals surface area (Å²) in [5, 5.41) is -0.244. The summed E-state index contributed by atoms with van der Waals surface area (Å²) < 4.78 is 4.90. The molecule has 3 aromatic rings. The van der Waals surface area contributed by atoms with Crippen molar-refractivity contribution in [2.75, 3.05) is 7.11 Å². The highest BCUT2D eigenvalue weighted by Crippen LogP contribution is 2.33. The molecule has 0 saturated heterocycles. The van der Waals surface area contributed by atoms with E-state index < -0.39 is 23.4 Å². The standard InChI is InChI=1S/C23H17Cl4N3O4/c1-34-22(33)23(28,11-13-5-4-10-29-12-13)30(20(31)18-14(24)6-2-7-15(18)25)21(32)19-16(26)8-3-9-17(19)27/h2-10,12H,11,28H2,1H3. The van der Waals surface area contributed by atoms with E-state index in [2.05, 4.69) is 4.98 Å². The highest BCUT2D eigenvalue weighted by Gasteiger charge is 2.50. The molecule has 2 amide bonds. The minimum absolute atomic E-state index is 0.0610. The van der Waals surface area contributed by atoms with Crippen molar-refractivity contribution < 1.29 is 19.1 Å². The van der Waals surface area contributed by atoms with E-state index in [4.69, 9.17) is 56.9 Å². The Kier molecular flexibility index (Phi) is 8.17.